The van der Waals surface area contributed by atoms with Gasteiger partial charge in [0.25, 0.3) is 0 Å². The van der Waals surface area contributed by atoms with Crippen molar-refractivity contribution in [3.05, 3.63) is 11.6 Å². The molecule has 2 N–H and O–H groups in total. The summed E-state index contributed by atoms with van der Waals surface area (Å²) >= 11 is 0. The fraction of sp³-hybridized carbons (Fsp3) is 0.833. The van der Waals surface area contributed by atoms with Gasteiger partial charge in [0.1, 0.15) is 11.6 Å². The SMILES string of the molecule is CCNC(=NCCC(OCC)C(C)C)NC1CCc2nc(C)nn2C1. The van der Waals surface area contributed by atoms with E-state index in [0.717, 1.165) is 63.1 Å². The molecule has 0 saturated carbocycles. The Labute approximate surface area is 151 Å². The minimum absolute atomic E-state index is 0.270. The minimum atomic E-state index is 0.270. The quantitative estimate of drug-likeness (QED) is 0.553. The largest absolute Gasteiger partial charge is 0.378 e. The molecule has 1 aromatic heterocycles. The highest BCUT2D eigenvalue weighted by Gasteiger charge is 2.21. The van der Waals surface area contributed by atoms with Crippen molar-refractivity contribution >= 4 is 5.96 Å². The molecule has 142 valence electrons. The second-order valence-electron chi connectivity index (χ2n) is 6.92. The first kappa shape index (κ1) is 19.7. The van der Waals surface area contributed by atoms with Crippen LogP contribution in [0.2, 0.25) is 0 Å². The number of hydrogen-bond donors (Lipinski definition) is 2. The van der Waals surface area contributed by atoms with E-state index in [4.69, 9.17) is 9.73 Å². The summed E-state index contributed by atoms with van der Waals surface area (Å²) in [6.07, 6.45) is 3.22. The number of rotatable bonds is 8. The van der Waals surface area contributed by atoms with Gasteiger partial charge < -0.3 is 15.4 Å². The Morgan fingerprint density at radius 2 is 2.20 bits per heavy atom. The summed E-state index contributed by atoms with van der Waals surface area (Å²) in [4.78, 5) is 9.21. The smallest absolute Gasteiger partial charge is 0.191 e. The standard InChI is InChI=1S/C18H34N6O/c1-6-19-18(20-11-10-16(13(3)4)25-7-2)22-15-8-9-17-21-14(5)23-24(17)12-15/h13,15-16H,6-12H2,1-5H3,(H2,19,20,22). The number of guanidine groups is 1. The van der Waals surface area contributed by atoms with Crippen molar-refractivity contribution in [2.24, 2.45) is 10.9 Å². The van der Waals surface area contributed by atoms with Gasteiger partial charge in [-0.25, -0.2) is 9.67 Å². The Morgan fingerprint density at radius 3 is 2.88 bits per heavy atom. The maximum Gasteiger partial charge on any atom is 0.191 e. The van der Waals surface area contributed by atoms with Crippen LogP contribution >= 0.6 is 0 Å². The Morgan fingerprint density at radius 1 is 1.40 bits per heavy atom. The van der Waals surface area contributed by atoms with Crippen molar-refractivity contribution in [3.8, 4) is 0 Å². The van der Waals surface area contributed by atoms with Crippen molar-refractivity contribution in [3.63, 3.8) is 0 Å². The maximum atomic E-state index is 5.81. The van der Waals surface area contributed by atoms with Crippen molar-refractivity contribution in [2.75, 3.05) is 19.7 Å². The van der Waals surface area contributed by atoms with E-state index < -0.39 is 0 Å². The molecule has 2 rings (SSSR count). The molecule has 7 nitrogen and oxygen atoms in total. The first-order valence-electron chi connectivity index (χ1n) is 9.60. The lowest BCUT2D eigenvalue weighted by Gasteiger charge is -2.25. The molecule has 0 amide bonds. The predicted molar refractivity (Wildman–Crippen MR) is 101 cm³/mol. The minimum Gasteiger partial charge on any atom is -0.378 e. The number of nitrogens with zero attached hydrogens (tertiary/aromatic N) is 4. The average Bonchev–Trinajstić information content (AvgIpc) is 2.93. The summed E-state index contributed by atoms with van der Waals surface area (Å²) in [5.41, 5.74) is 0. The molecule has 0 radical (unpaired) electrons. The topological polar surface area (TPSA) is 76.4 Å². The lowest BCUT2D eigenvalue weighted by Crippen LogP contribution is -2.47. The van der Waals surface area contributed by atoms with E-state index in [-0.39, 0.29) is 6.10 Å². The fourth-order valence-corrected chi connectivity index (χ4v) is 3.19. The van der Waals surface area contributed by atoms with Crippen LogP contribution in [0.4, 0.5) is 0 Å². The molecule has 2 atom stereocenters. The van der Waals surface area contributed by atoms with Gasteiger partial charge in [0, 0.05) is 32.2 Å². The van der Waals surface area contributed by atoms with Crippen LogP contribution in [0.5, 0.6) is 0 Å². The third-order valence-electron chi connectivity index (χ3n) is 4.46. The monoisotopic (exact) mass is 350 g/mol. The Bertz CT molecular complexity index is 554. The molecule has 0 aliphatic carbocycles. The summed E-state index contributed by atoms with van der Waals surface area (Å²) in [6.45, 7) is 13.7. The van der Waals surface area contributed by atoms with Crippen LogP contribution in [-0.4, -0.2) is 52.6 Å². The van der Waals surface area contributed by atoms with Gasteiger partial charge in [0.05, 0.1) is 12.6 Å². The first-order chi connectivity index (χ1) is 12.0. The summed E-state index contributed by atoms with van der Waals surface area (Å²) in [5.74, 6) is 3.34. The molecule has 25 heavy (non-hydrogen) atoms. The molecule has 0 spiro atoms. The molecule has 1 aliphatic heterocycles. The van der Waals surface area contributed by atoms with Gasteiger partial charge in [-0.2, -0.15) is 5.10 Å². The zero-order valence-corrected chi connectivity index (χ0v) is 16.4. The van der Waals surface area contributed by atoms with E-state index in [1.165, 1.54) is 0 Å². The van der Waals surface area contributed by atoms with Crippen LogP contribution in [0.1, 0.15) is 52.2 Å². The molecule has 1 aliphatic rings. The van der Waals surface area contributed by atoms with Gasteiger partial charge in [0.2, 0.25) is 0 Å². The average molecular weight is 351 g/mol. The lowest BCUT2D eigenvalue weighted by molar-refractivity contribution is 0.0266. The van der Waals surface area contributed by atoms with E-state index in [1.54, 1.807) is 0 Å². The number of aromatic nitrogens is 3. The second-order valence-corrected chi connectivity index (χ2v) is 6.92. The molecule has 2 unspecified atom stereocenters. The van der Waals surface area contributed by atoms with Crippen LogP contribution in [0.25, 0.3) is 0 Å². The van der Waals surface area contributed by atoms with Gasteiger partial charge in [-0.3, -0.25) is 4.99 Å². The molecule has 0 fully saturated rings. The molecule has 0 saturated heterocycles. The Hall–Kier alpha value is -1.63. The van der Waals surface area contributed by atoms with Crippen molar-refractivity contribution < 1.29 is 4.74 Å². The third-order valence-corrected chi connectivity index (χ3v) is 4.46. The molecule has 7 heteroatoms. The van der Waals surface area contributed by atoms with Crippen LogP contribution in [0.15, 0.2) is 4.99 Å². The molecular formula is C18H34N6O. The normalized spacial score (nSPS) is 19.0. The molecule has 1 aromatic rings. The highest BCUT2D eigenvalue weighted by atomic mass is 16.5. The van der Waals surface area contributed by atoms with Crippen LogP contribution in [0.3, 0.4) is 0 Å². The number of nitrogens with one attached hydrogen (secondary N) is 2. The molecule has 0 aromatic carbocycles. The Balaban J connectivity index is 1.89. The maximum absolute atomic E-state index is 5.81. The summed E-state index contributed by atoms with van der Waals surface area (Å²) in [5, 5.41) is 11.4. The van der Waals surface area contributed by atoms with Crippen molar-refractivity contribution in [1.82, 2.24) is 25.4 Å². The first-order valence-corrected chi connectivity index (χ1v) is 9.60. The molecular weight excluding hydrogens is 316 g/mol. The summed E-state index contributed by atoms with van der Waals surface area (Å²) in [7, 11) is 0. The highest BCUT2D eigenvalue weighted by Crippen LogP contribution is 2.13. The fourth-order valence-electron chi connectivity index (χ4n) is 3.19. The van der Waals surface area contributed by atoms with E-state index in [0.29, 0.717) is 12.0 Å². The van der Waals surface area contributed by atoms with Gasteiger partial charge in [0.15, 0.2) is 5.96 Å². The zero-order chi connectivity index (χ0) is 18.2. The van der Waals surface area contributed by atoms with Crippen molar-refractivity contribution in [1.29, 1.82) is 0 Å². The zero-order valence-electron chi connectivity index (χ0n) is 16.4. The highest BCUT2D eigenvalue weighted by molar-refractivity contribution is 5.80. The third kappa shape index (κ3) is 5.99. The predicted octanol–water partition coefficient (Wildman–Crippen LogP) is 1.91. The van der Waals surface area contributed by atoms with Crippen LogP contribution in [-0.2, 0) is 17.7 Å². The number of hydrogen-bond acceptors (Lipinski definition) is 4. The summed E-state index contributed by atoms with van der Waals surface area (Å²) < 4.78 is 7.83. The van der Waals surface area contributed by atoms with Gasteiger partial charge >= 0.3 is 0 Å². The Kier molecular flexibility index (Phi) is 7.68. The van der Waals surface area contributed by atoms with E-state index in [1.807, 2.05) is 18.5 Å². The van der Waals surface area contributed by atoms with E-state index in [2.05, 4.69) is 41.5 Å². The number of aryl methyl sites for hydroxylation is 2. The summed E-state index contributed by atoms with van der Waals surface area (Å²) in [6, 6.07) is 0.333. The van der Waals surface area contributed by atoms with Gasteiger partial charge in [-0.15, -0.1) is 0 Å². The van der Waals surface area contributed by atoms with Crippen LogP contribution in [0, 0.1) is 12.8 Å². The molecule has 2 heterocycles. The van der Waals surface area contributed by atoms with Crippen LogP contribution < -0.4 is 10.6 Å². The second kappa shape index (κ2) is 9.75. The number of aliphatic imine (C=N–C) groups is 1. The van der Waals surface area contributed by atoms with Gasteiger partial charge in [-0.05, 0) is 39.5 Å². The van der Waals surface area contributed by atoms with E-state index in [9.17, 15) is 0 Å². The molecule has 0 bridgehead atoms. The van der Waals surface area contributed by atoms with E-state index >= 15 is 0 Å². The number of ether oxygens (including phenoxy) is 1. The number of fused-ring (bicyclic) bond motifs is 1. The lowest BCUT2D eigenvalue weighted by atomic mass is 10.0. The van der Waals surface area contributed by atoms with Gasteiger partial charge in [-0.1, -0.05) is 13.8 Å². The van der Waals surface area contributed by atoms with Crippen molar-refractivity contribution in [2.45, 2.75) is 72.6 Å².